The molecule has 0 radical (unpaired) electrons. The maximum absolute atomic E-state index is 12.3. The van der Waals surface area contributed by atoms with Gasteiger partial charge in [-0.05, 0) is 86.1 Å². The maximum Gasteiger partial charge on any atom is 0.338 e. The molecule has 0 saturated carbocycles. The number of hydrogen-bond acceptors (Lipinski definition) is 4. The van der Waals surface area contributed by atoms with E-state index in [1.165, 1.54) is 14.2 Å². The summed E-state index contributed by atoms with van der Waals surface area (Å²) >= 11 is 0. The first-order chi connectivity index (χ1) is 12.1. The number of methoxy groups -OCH3 is 2. The van der Waals surface area contributed by atoms with Crippen molar-refractivity contribution in [1.29, 1.82) is 0 Å². The lowest BCUT2D eigenvalue weighted by Crippen LogP contribution is -2.12. The number of carbonyl (C=O) groups is 2. The van der Waals surface area contributed by atoms with Gasteiger partial charge in [-0.25, -0.2) is 9.59 Å². The first kappa shape index (κ1) is 19.7. The minimum Gasteiger partial charge on any atom is -0.465 e. The number of ether oxygens (including phenoxy) is 2. The van der Waals surface area contributed by atoms with E-state index in [0.29, 0.717) is 11.1 Å². The second-order valence-corrected chi connectivity index (χ2v) is 6.75. The molecule has 0 unspecified atom stereocenters. The van der Waals surface area contributed by atoms with Crippen molar-refractivity contribution in [2.75, 3.05) is 14.2 Å². The molecule has 0 heterocycles. The molecule has 0 aromatic heterocycles. The molecule has 4 nitrogen and oxygen atoms in total. The average molecular weight is 354 g/mol. The molecule has 0 atom stereocenters. The van der Waals surface area contributed by atoms with Gasteiger partial charge in [-0.1, -0.05) is 12.1 Å². The summed E-state index contributed by atoms with van der Waals surface area (Å²) in [6.45, 7) is 11.7. The van der Waals surface area contributed by atoms with Crippen LogP contribution in [-0.4, -0.2) is 26.2 Å². The zero-order chi connectivity index (χ0) is 19.8. The van der Waals surface area contributed by atoms with Crippen LogP contribution >= 0.6 is 0 Å². The summed E-state index contributed by atoms with van der Waals surface area (Å²) in [4.78, 5) is 24.6. The fourth-order valence-corrected chi connectivity index (χ4v) is 3.97. The summed E-state index contributed by atoms with van der Waals surface area (Å²) in [7, 11) is 2.77. The lowest BCUT2D eigenvalue weighted by atomic mass is 9.83. The van der Waals surface area contributed by atoms with E-state index in [9.17, 15) is 9.59 Å². The Hall–Kier alpha value is -2.62. The highest BCUT2D eigenvalue weighted by Crippen LogP contribution is 2.38. The molecule has 0 saturated heterocycles. The third kappa shape index (κ3) is 3.12. The van der Waals surface area contributed by atoms with Crippen molar-refractivity contribution in [3.8, 4) is 11.1 Å². The van der Waals surface area contributed by atoms with Gasteiger partial charge in [0.05, 0.1) is 25.3 Å². The second-order valence-electron chi connectivity index (χ2n) is 6.75. The van der Waals surface area contributed by atoms with Gasteiger partial charge in [0.1, 0.15) is 0 Å². The average Bonchev–Trinajstić information content (AvgIpc) is 2.56. The van der Waals surface area contributed by atoms with Crippen molar-refractivity contribution in [2.24, 2.45) is 0 Å². The van der Waals surface area contributed by atoms with Crippen molar-refractivity contribution in [3.05, 3.63) is 56.6 Å². The van der Waals surface area contributed by atoms with Crippen LogP contribution in [0, 0.1) is 41.5 Å². The Labute approximate surface area is 155 Å². The van der Waals surface area contributed by atoms with Gasteiger partial charge >= 0.3 is 11.9 Å². The summed E-state index contributed by atoms with van der Waals surface area (Å²) in [5.41, 5.74) is 8.68. The third-order valence-corrected chi connectivity index (χ3v) is 4.97. The lowest BCUT2D eigenvalue weighted by molar-refractivity contribution is 0.0589. The molecule has 0 fully saturated rings. The van der Waals surface area contributed by atoms with E-state index in [-0.39, 0.29) is 11.9 Å². The van der Waals surface area contributed by atoms with E-state index in [0.717, 1.165) is 44.5 Å². The van der Waals surface area contributed by atoms with Gasteiger partial charge in [0.2, 0.25) is 0 Å². The Morgan fingerprint density at radius 2 is 0.923 bits per heavy atom. The monoisotopic (exact) mass is 354 g/mol. The zero-order valence-electron chi connectivity index (χ0n) is 16.8. The fraction of sp³-hybridized carbons (Fsp3) is 0.364. The summed E-state index contributed by atoms with van der Waals surface area (Å²) in [6, 6.07) is 3.98. The maximum atomic E-state index is 12.3. The van der Waals surface area contributed by atoms with Crippen molar-refractivity contribution in [3.63, 3.8) is 0 Å². The molecule has 0 bridgehead atoms. The van der Waals surface area contributed by atoms with E-state index in [4.69, 9.17) is 9.47 Å². The number of esters is 2. The first-order valence-corrected chi connectivity index (χ1v) is 8.54. The van der Waals surface area contributed by atoms with Crippen LogP contribution in [0.15, 0.2) is 12.1 Å². The van der Waals surface area contributed by atoms with Crippen LogP contribution in [-0.2, 0) is 9.47 Å². The standard InChI is InChI=1S/C22H26O4/c1-11-9-13(3)19(21(23)25-7)15(5)17(11)18-12(2)10-14(4)20(16(18)6)22(24)26-8/h9-10H,1-8H3. The number of rotatable bonds is 3. The van der Waals surface area contributed by atoms with Gasteiger partial charge in [0.15, 0.2) is 0 Å². The predicted molar refractivity (Wildman–Crippen MR) is 103 cm³/mol. The molecule has 0 aliphatic carbocycles. The Bertz CT molecular complexity index is 832. The zero-order valence-corrected chi connectivity index (χ0v) is 16.8. The number of hydrogen-bond donors (Lipinski definition) is 0. The smallest absolute Gasteiger partial charge is 0.338 e. The number of carbonyl (C=O) groups excluding carboxylic acids is 2. The summed E-state index contributed by atoms with van der Waals surface area (Å²) in [6.07, 6.45) is 0. The van der Waals surface area contributed by atoms with Crippen molar-refractivity contribution < 1.29 is 19.1 Å². The normalized spacial score (nSPS) is 10.6. The molecule has 0 amide bonds. The fourth-order valence-electron chi connectivity index (χ4n) is 3.97. The third-order valence-electron chi connectivity index (χ3n) is 4.97. The van der Waals surface area contributed by atoms with E-state index in [1.807, 2.05) is 53.7 Å². The van der Waals surface area contributed by atoms with Gasteiger partial charge in [-0.3, -0.25) is 0 Å². The molecular weight excluding hydrogens is 328 g/mol. The first-order valence-electron chi connectivity index (χ1n) is 8.54. The molecule has 0 N–H and O–H groups in total. The topological polar surface area (TPSA) is 52.6 Å². The molecule has 2 aromatic carbocycles. The molecule has 2 aromatic rings. The Morgan fingerprint density at radius 3 is 1.19 bits per heavy atom. The lowest BCUT2D eigenvalue weighted by Gasteiger charge is -2.22. The highest BCUT2D eigenvalue weighted by atomic mass is 16.5. The predicted octanol–water partition coefficient (Wildman–Crippen LogP) is 4.78. The molecule has 4 heteroatoms. The largest absolute Gasteiger partial charge is 0.465 e. The van der Waals surface area contributed by atoms with Crippen LogP contribution in [0.25, 0.3) is 11.1 Å². The summed E-state index contributed by atoms with van der Waals surface area (Å²) in [5, 5.41) is 0. The minimum absolute atomic E-state index is 0.350. The van der Waals surface area contributed by atoms with Crippen LogP contribution in [0.5, 0.6) is 0 Å². The molecule has 26 heavy (non-hydrogen) atoms. The van der Waals surface area contributed by atoms with Crippen LogP contribution in [0.3, 0.4) is 0 Å². The van der Waals surface area contributed by atoms with Gasteiger partial charge in [0.25, 0.3) is 0 Å². The van der Waals surface area contributed by atoms with E-state index in [2.05, 4.69) is 0 Å². The van der Waals surface area contributed by atoms with Crippen LogP contribution < -0.4 is 0 Å². The molecular formula is C22H26O4. The van der Waals surface area contributed by atoms with Crippen LogP contribution in [0.1, 0.15) is 54.1 Å². The van der Waals surface area contributed by atoms with Crippen LogP contribution in [0.2, 0.25) is 0 Å². The molecule has 138 valence electrons. The van der Waals surface area contributed by atoms with Crippen molar-refractivity contribution >= 4 is 11.9 Å². The number of benzene rings is 2. The van der Waals surface area contributed by atoms with Gasteiger partial charge in [-0.15, -0.1) is 0 Å². The Morgan fingerprint density at radius 1 is 0.615 bits per heavy atom. The minimum atomic E-state index is -0.350. The molecule has 0 aliphatic heterocycles. The Balaban J connectivity index is 2.93. The van der Waals surface area contributed by atoms with E-state index < -0.39 is 0 Å². The van der Waals surface area contributed by atoms with E-state index in [1.54, 1.807) is 0 Å². The quantitative estimate of drug-likeness (QED) is 0.745. The van der Waals surface area contributed by atoms with Gasteiger partial charge in [0, 0.05) is 0 Å². The van der Waals surface area contributed by atoms with Crippen molar-refractivity contribution in [2.45, 2.75) is 41.5 Å². The molecule has 2 rings (SSSR count). The number of aryl methyl sites for hydroxylation is 4. The van der Waals surface area contributed by atoms with Gasteiger partial charge < -0.3 is 9.47 Å². The highest BCUT2D eigenvalue weighted by molar-refractivity contribution is 5.99. The second kappa shape index (κ2) is 7.32. The van der Waals surface area contributed by atoms with Gasteiger partial charge in [-0.2, -0.15) is 0 Å². The Kier molecular flexibility index (Phi) is 5.55. The highest BCUT2D eigenvalue weighted by Gasteiger charge is 2.24. The summed E-state index contributed by atoms with van der Waals surface area (Å²) in [5.74, 6) is -0.700. The van der Waals surface area contributed by atoms with Crippen LogP contribution in [0.4, 0.5) is 0 Å². The van der Waals surface area contributed by atoms with E-state index >= 15 is 0 Å². The summed E-state index contributed by atoms with van der Waals surface area (Å²) < 4.78 is 9.95. The molecule has 0 spiro atoms. The molecule has 0 aliphatic rings. The SMILES string of the molecule is COC(=O)c1c(C)cc(C)c(-c2c(C)cc(C)c(C(=O)OC)c2C)c1C. The van der Waals surface area contributed by atoms with Crippen molar-refractivity contribution in [1.82, 2.24) is 0 Å².